The molecule has 1 fully saturated rings. The first-order valence-corrected chi connectivity index (χ1v) is 5.68. The molecule has 0 aromatic carbocycles. The quantitative estimate of drug-likeness (QED) is 0.668. The predicted octanol–water partition coefficient (Wildman–Crippen LogP) is 0.324. The standard InChI is InChI=1S/C11H23N3O/c1-11(13-2,10(12)15)7-8-14(3)9-5-4-6-9/h9,13H,4-8H2,1-3H3,(H2,12,15). The Kier molecular flexibility index (Phi) is 4.11. The summed E-state index contributed by atoms with van der Waals surface area (Å²) in [7, 11) is 3.91. The summed E-state index contributed by atoms with van der Waals surface area (Å²) in [4.78, 5) is 13.6. The van der Waals surface area contributed by atoms with E-state index in [2.05, 4.69) is 17.3 Å². The highest BCUT2D eigenvalue weighted by Crippen LogP contribution is 2.24. The van der Waals surface area contributed by atoms with E-state index in [1.54, 1.807) is 7.05 Å². The molecule has 0 aromatic rings. The van der Waals surface area contributed by atoms with Crippen LogP contribution in [0.3, 0.4) is 0 Å². The van der Waals surface area contributed by atoms with Crippen molar-refractivity contribution in [1.29, 1.82) is 0 Å². The van der Waals surface area contributed by atoms with Gasteiger partial charge in [0, 0.05) is 12.6 Å². The van der Waals surface area contributed by atoms with Crippen molar-refractivity contribution in [3.05, 3.63) is 0 Å². The van der Waals surface area contributed by atoms with Gasteiger partial charge in [-0.05, 0) is 40.3 Å². The maximum Gasteiger partial charge on any atom is 0.237 e. The number of primary amides is 1. The monoisotopic (exact) mass is 213 g/mol. The van der Waals surface area contributed by atoms with Crippen LogP contribution in [0, 0.1) is 0 Å². The summed E-state index contributed by atoms with van der Waals surface area (Å²) in [6, 6.07) is 0.721. The van der Waals surface area contributed by atoms with Crippen LogP contribution >= 0.6 is 0 Å². The van der Waals surface area contributed by atoms with Crippen molar-refractivity contribution < 1.29 is 4.79 Å². The fourth-order valence-electron chi connectivity index (χ4n) is 1.78. The second-order valence-electron chi connectivity index (χ2n) is 4.76. The number of nitrogens with one attached hydrogen (secondary N) is 1. The number of likely N-dealkylation sites (N-methyl/N-ethyl adjacent to an activating group) is 1. The molecule has 0 saturated heterocycles. The number of rotatable bonds is 6. The minimum atomic E-state index is -0.571. The molecule has 0 aromatic heterocycles. The van der Waals surface area contributed by atoms with E-state index in [-0.39, 0.29) is 5.91 Å². The van der Waals surface area contributed by atoms with Gasteiger partial charge in [0.15, 0.2) is 0 Å². The second kappa shape index (κ2) is 4.94. The number of carbonyl (C=O) groups excluding carboxylic acids is 1. The first kappa shape index (κ1) is 12.5. The Morgan fingerprint density at radius 2 is 2.20 bits per heavy atom. The molecule has 88 valence electrons. The maximum absolute atomic E-state index is 11.3. The molecule has 1 saturated carbocycles. The SMILES string of the molecule is CNC(C)(CCN(C)C1CCC1)C(N)=O. The summed E-state index contributed by atoms with van der Waals surface area (Å²) < 4.78 is 0. The number of amides is 1. The van der Waals surface area contributed by atoms with Crippen molar-refractivity contribution in [2.45, 2.75) is 44.2 Å². The minimum absolute atomic E-state index is 0.271. The molecule has 4 heteroatoms. The average molecular weight is 213 g/mol. The summed E-state index contributed by atoms with van der Waals surface area (Å²) in [6.45, 7) is 2.79. The van der Waals surface area contributed by atoms with Gasteiger partial charge in [-0.3, -0.25) is 4.79 Å². The fraction of sp³-hybridized carbons (Fsp3) is 0.909. The van der Waals surface area contributed by atoms with E-state index in [1.807, 2.05) is 6.92 Å². The lowest BCUT2D eigenvalue weighted by atomic mass is 9.90. The number of nitrogens with zero attached hydrogens (tertiary/aromatic N) is 1. The molecular formula is C11H23N3O. The van der Waals surface area contributed by atoms with Crippen LogP contribution in [0.1, 0.15) is 32.6 Å². The zero-order valence-corrected chi connectivity index (χ0v) is 10.0. The Hall–Kier alpha value is -0.610. The summed E-state index contributed by atoms with van der Waals surface area (Å²) in [5.74, 6) is -0.271. The van der Waals surface area contributed by atoms with Gasteiger partial charge in [-0.25, -0.2) is 0 Å². The molecule has 1 amide bonds. The molecule has 3 N–H and O–H groups in total. The van der Waals surface area contributed by atoms with Crippen LogP contribution in [0.15, 0.2) is 0 Å². The van der Waals surface area contributed by atoms with Crippen LogP contribution in [0.2, 0.25) is 0 Å². The van der Waals surface area contributed by atoms with Crippen LogP contribution in [0.5, 0.6) is 0 Å². The number of hydrogen-bond donors (Lipinski definition) is 2. The van der Waals surface area contributed by atoms with Gasteiger partial charge in [0.05, 0.1) is 5.54 Å². The summed E-state index contributed by atoms with van der Waals surface area (Å²) >= 11 is 0. The van der Waals surface area contributed by atoms with E-state index in [9.17, 15) is 4.79 Å². The van der Waals surface area contributed by atoms with Gasteiger partial charge in [-0.2, -0.15) is 0 Å². The van der Waals surface area contributed by atoms with Gasteiger partial charge in [0.25, 0.3) is 0 Å². The maximum atomic E-state index is 11.3. The third-order valence-corrected chi connectivity index (χ3v) is 3.76. The van der Waals surface area contributed by atoms with Crippen LogP contribution in [0.4, 0.5) is 0 Å². The minimum Gasteiger partial charge on any atom is -0.368 e. The van der Waals surface area contributed by atoms with Crippen LogP contribution < -0.4 is 11.1 Å². The van der Waals surface area contributed by atoms with E-state index in [0.29, 0.717) is 0 Å². The molecule has 1 unspecified atom stereocenters. The van der Waals surface area contributed by atoms with Crippen molar-refractivity contribution in [1.82, 2.24) is 10.2 Å². The predicted molar refractivity (Wildman–Crippen MR) is 61.5 cm³/mol. The molecule has 0 aliphatic heterocycles. The summed E-state index contributed by atoms with van der Waals surface area (Å²) in [6.07, 6.45) is 4.70. The molecule has 15 heavy (non-hydrogen) atoms. The van der Waals surface area contributed by atoms with Crippen LogP contribution in [-0.4, -0.2) is 43.0 Å². The van der Waals surface area contributed by atoms with Gasteiger partial charge in [0.2, 0.25) is 5.91 Å². The lowest BCUT2D eigenvalue weighted by Crippen LogP contribution is -2.53. The highest BCUT2D eigenvalue weighted by atomic mass is 16.1. The topological polar surface area (TPSA) is 58.4 Å². The Labute approximate surface area is 92.2 Å². The lowest BCUT2D eigenvalue weighted by molar-refractivity contribution is -0.124. The van der Waals surface area contributed by atoms with Crippen LogP contribution in [-0.2, 0) is 4.79 Å². The first-order chi connectivity index (χ1) is 6.99. The van der Waals surface area contributed by atoms with Crippen molar-refractivity contribution in [3.63, 3.8) is 0 Å². The van der Waals surface area contributed by atoms with Gasteiger partial charge in [-0.1, -0.05) is 6.42 Å². The van der Waals surface area contributed by atoms with Gasteiger partial charge in [0.1, 0.15) is 0 Å². The van der Waals surface area contributed by atoms with E-state index in [1.165, 1.54) is 19.3 Å². The third-order valence-electron chi connectivity index (χ3n) is 3.76. The lowest BCUT2D eigenvalue weighted by Gasteiger charge is -2.36. The molecular weight excluding hydrogens is 190 g/mol. The molecule has 1 aliphatic rings. The molecule has 0 spiro atoms. The third kappa shape index (κ3) is 2.92. The largest absolute Gasteiger partial charge is 0.368 e. The van der Waals surface area contributed by atoms with Gasteiger partial charge >= 0.3 is 0 Å². The number of carbonyl (C=O) groups is 1. The zero-order valence-electron chi connectivity index (χ0n) is 10.0. The fourth-order valence-corrected chi connectivity index (χ4v) is 1.78. The molecule has 1 aliphatic carbocycles. The van der Waals surface area contributed by atoms with E-state index in [4.69, 9.17) is 5.73 Å². The van der Waals surface area contributed by atoms with Crippen molar-refractivity contribution >= 4 is 5.91 Å². The number of nitrogens with two attached hydrogens (primary N) is 1. The molecule has 4 nitrogen and oxygen atoms in total. The smallest absolute Gasteiger partial charge is 0.237 e. The molecule has 0 heterocycles. The van der Waals surface area contributed by atoms with Crippen LogP contribution in [0.25, 0.3) is 0 Å². The Morgan fingerprint density at radius 1 is 1.60 bits per heavy atom. The Balaban J connectivity index is 2.36. The summed E-state index contributed by atoms with van der Waals surface area (Å²) in [5.41, 5.74) is 4.80. The van der Waals surface area contributed by atoms with Crippen molar-refractivity contribution in [2.75, 3.05) is 20.6 Å². The second-order valence-corrected chi connectivity index (χ2v) is 4.76. The van der Waals surface area contributed by atoms with E-state index in [0.717, 1.165) is 19.0 Å². The highest BCUT2D eigenvalue weighted by molar-refractivity contribution is 5.84. The number of hydrogen-bond acceptors (Lipinski definition) is 3. The molecule has 1 atom stereocenters. The normalized spacial score (nSPS) is 21.1. The molecule has 0 radical (unpaired) electrons. The zero-order chi connectivity index (χ0) is 11.5. The van der Waals surface area contributed by atoms with Gasteiger partial charge < -0.3 is 16.0 Å². The van der Waals surface area contributed by atoms with E-state index >= 15 is 0 Å². The average Bonchev–Trinajstić information content (AvgIpc) is 2.11. The molecule has 1 rings (SSSR count). The Morgan fingerprint density at radius 3 is 2.53 bits per heavy atom. The summed E-state index contributed by atoms with van der Waals surface area (Å²) in [5, 5.41) is 3.01. The van der Waals surface area contributed by atoms with Crippen molar-refractivity contribution in [2.24, 2.45) is 5.73 Å². The van der Waals surface area contributed by atoms with Crippen molar-refractivity contribution in [3.8, 4) is 0 Å². The van der Waals surface area contributed by atoms with E-state index < -0.39 is 5.54 Å². The van der Waals surface area contributed by atoms with Gasteiger partial charge in [-0.15, -0.1) is 0 Å². The first-order valence-electron chi connectivity index (χ1n) is 5.68. The highest BCUT2D eigenvalue weighted by Gasteiger charge is 2.30. The molecule has 0 bridgehead atoms. The Bertz CT molecular complexity index is 228.